The van der Waals surface area contributed by atoms with Crippen molar-refractivity contribution in [3.05, 3.63) is 58.6 Å². The summed E-state index contributed by atoms with van der Waals surface area (Å²) < 4.78 is 10.8. The number of carbonyl (C=O) groups excluding carboxylic acids is 1. The average molecular weight is 374 g/mol. The highest BCUT2D eigenvalue weighted by atomic mass is 79.9. The van der Waals surface area contributed by atoms with E-state index in [4.69, 9.17) is 9.37 Å². The third-order valence-corrected chi connectivity index (χ3v) is 3.72. The Kier molecular flexibility index (Phi) is 4.38. The first kappa shape index (κ1) is 15.2. The van der Waals surface area contributed by atoms with E-state index in [-0.39, 0.29) is 11.7 Å². The Balaban J connectivity index is 1.81. The van der Waals surface area contributed by atoms with Crippen molar-refractivity contribution in [3.8, 4) is 17.0 Å². The maximum absolute atomic E-state index is 12.3. The molecule has 0 unspecified atom stereocenters. The summed E-state index contributed by atoms with van der Waals surface area (Å²) >= 11 is 3.37. The molecule has 0 spiro atoms. The topological polar surface area (TPSA) is 77.2 Å². The summed E-state index contributed by atoms with van der Waals surface area (Å²) in [4.78, 5) is 12.3. The second kappa shape index (κ2) is 6.62. The number of halogens is 1. The fourth-order valence-electron chi connectivity index (χ4n) is 1.99. The smallest absolute Gasteiger partial charge is 0.256 e. The number of methoxy groups -OCH3 is 1. The predicted molar refractivity (Wildman–Crippen MR) is 88.4 cm³/mol. The molecule has 1 N–H and O–H groups in total. The van der Waals surface area contributed by atoms with Crippen molar-refractivity contribution < 1.29 is 14.2 Å². The van der Waals surface area contributed by atoms with Crippen LogP contribution in [-0.2, 0) is 0 Å². The molecule has 116 valence electrons. The molecule has 1 aromatic heterocycles. The Morgan fingerprint density at radius 2 is 1.78 bits per heavy atom. The number of anilines is 1. The molecular weight excluding hydrogens is 362 g/mol. The van der Waals surface area contributed by atoms with Crippen molar-refractivity contribution in [1.82, 2.24) is 10.3 Å². The number of nitrogens with one attached hydrogen (secondary N) is 1. The highest BCUT2D eigenvalue weighted by Crippen LogP contribution is 2.26. The monoisotopic (exact) mass is 373 g/mol. The van der Waals surface area contributed by atoms with E-state index in [9.17, 15) is 4.79 Å². The van der Waals surface area contributed by atoms with Gasteiger partial charge in [-0.15, -0.1) is 0 Å². The summed E-state index contributed by atoms with van der Waals surface area (Å²) in [6.45, 7) is 0. The summed E-state index contributed by atoms with van der Waals surface area (Å²) in [5.41, 5.74) is 1.74. The highest BCUT2D eigenvalue weighted by molar-refractivity contribution is 9.10. The lowest BCUT2D eigenvalue weighted by molar-refractivity contribution is 0.102. The van der Waals surface area contributed by atoms with Gasteiger partial charge in [-0.1, -0.05) is 28.1 Å². The van der Waals surface area contributed by atoms with Crippen LogP contribution in [0, 0.1) is 0 Å². The van der Waals surface area contributed by atoms with Crippen molar-refractivity contribution in [2.75, 3.05) is 12.4 Å². The van der Waals surface area contributed by atoms with E-state index in [1.807, 2.05) is 24.3 Å². The van der Waals surface area contributed by atoms with Gasteiger partial charge < -0.3 is 10.1 Å². The average Bonchev–Trinajstić information content (AvgIpc) is 3.03. The molecule has 0 saturated carbocycles. The van der Waals surface area contributed by atoms with Crippen LogP contribution in [0.15, 0.2) is 57.6 Å². The van der Waals surface area contributed by atoms with Gasteiger partial charge in [-0.3, -0.25) is 4.79 Å². The molecule has 23 heavy (non-hydrogen) atoms. The standard InChI is InChI=1S/C16H12BrN3O3/c1-22-13-8-4-11(5-9-13)16(21)18-15-14(19-23-20-15)10-2-6-12(17)7-3-10/h2-9H,1H3,(H,18,20,21). The lowest BCUT2D eigenvalue weighted by atomic mass is 10.1. The molecule has 0 fully saturated rings. The van der Waals surface area contributed by atoms with Crippen LogP contribution in [0.25, 0.3) is 11.3 Å². The van der Waals surface area contributed by atoms with Crippen LogP contribution in [0.2, 0.25) is 0 Å². The fraction of sp³-hybridized carbons (Fsp3) is 0.0625. The summed E-state index contributed by atoms with van der Waals surface area (Å²) in [5.74, 6) is 0.648. The van der Waals surface area contributed by atoms with Gasteiger partial charge in [0, 0.05) is 15.6 Å². The number of benzene rings is 2. The maximum Gasteiger partial charge on any atom is 0.256 e. The first-order valence-electron chi connectivity index (χ1n) is 6.71. The third-order valence-electron chi connectivity index (χ3n) is 3.19. The van der Waals surface area contributed by atoms with Crippen LogP contribution in [0.1, 0.15) is 10.4 Å². The summed E-state index contributed by atoms with van der Waals surface area (Å²) in [7, 11) is 1.57. The van der Waals surface area contributed by atoms with Crippen LogP contribution < -0.4 is 10.1 Å². The zero-order valence-electron chi connectivity index (χ0n) is 12.1. The summed E-state index contributed by atoms with van der Waals surface area (Å²) in [5, 5.41) is 10.3. The molecule has 0 aliphatic heterocycles. The fourth-order valence-corrected chi connectivity index (χ4v) is 2.25. The zero-order valence-corrected chi connectivity index (χ0v) is 13.7. The van der Waals surface area contributed by atoms with E-state index in [2.05, 4.69) is 31.6 Å². The van der Waals surface area contributed by atoms with Gasteiger partial charge in [0.2, 0.25) is 5.82 Å². The minimum absolute atomic E-state index is 0.271. The van der Waals surface area contributed by atoms with Crippen molar-refractivity contribution in [1.29, 1.82) is 0 Å². The number of aromatic nitrogens is 2. The van der Waals surface area contributed by atoms with Gasteiger partial charge in [0.05, 0.1) is 7.11 Å². The summed E-state index contributed by atoms with van der Waals surface area (Å²) in [6.07, 6.45) is 0. The maximum atomic E-state index is 12.3. The van der Waals surface area contributed by atoms with Crippen molar-refractivity contribution in [2.45, 2.75) is 0 Å². The molecule has 1 amide bonds. The number of nitrogens with zero attached hydrogens (tertiary/aromatic N) is 2. The van der Waals surface area contributed by atoms with Gasteiger partial charge in [0.1, 0.15) is 5.75 Å². The molecule has 6 nitrogen and oxygen atoms in total. The number of hydrogen-bond donors (Lipinski definition) is 1. The first-order chi connectivity index (χ1) is 11.2. The van der Waals surface area contributed by atoms with Crippen LogP contribution in [0.4, 0.5) is 5.82 Å². The van der Waals surface area contributed by atoms with Crippen molar-refractivity contribution >= 4 is 27.7 Å². The van der Waals surface area contributed by atoms with E-state index in [1.54, 1.807) is 31.4 Å². The number of carbonyl (C=O) groups is 1. The minimum atomic E-state index is -0.304. The molecule has 2 aromatic carbocycles. The Bertz CT molecular complexity index is 813. The Morgan fingerprint density at radius 3 is 2.43 bits per heavy atom. The Labute approximate surface area is 140 Å². The molecule has 0 bridgehead atoms. The highest BCUT2D eigenvalue weighted by Gasteiger charge is 2.16. The molecule has 3 rings (SSSR count). The van der Waals surface area contributed by atoms with E-state index in [0.29, 0.717) is 17.0 Å². The minimum Gasteiger partial charge on any atom is -0.497 e. The molecule has 0 atom stereocenters. The number of hydrogen-bond acceptors (Lipinski definition) is 5. The zero-order chi connectivity index (χ0) is 16.2. The SMILES string of the molecule is COc1ccc(C(=O)Nc2nonc2-c2ccc(Br)cc2)cc1. The van der Waals surface area contributed by atoms with Crippen molar-refractivity contribution in [3.63, 3.8) is 0 Å². The van der Waals surface area contributed by atoms with Crippen LogP contribution in [0.5, 0.6) is 5.75 Å². The third kappa shape index (κ3) is 3.40. The Morgan fingerprint density at radius 1 is 1.09 bits per heavy atom. The number of amides is 1. The quantitative estimate of drug-likeness (QED) is 0.753. The van der Waals surface area contributed by atoms with Gasteiger partial charge in [-0.2, -0.15) is 0 Å². The molecular formula is C16H12BrN3O3. The molecule has 0 aliphatic carbocycles. The predicted octanol–water partition coefficient (Wildman–Crippen LogP) is 3.76. The van der Waals surface area contributed by atoms with Gasteiger partial charge in [0.25, 0.3) is 5.91 Å². The normalized spacial score (nSPS) is 10.3. The van der Waals surface area contributed by atoms with E-state index < -0.39 is 0 Å². The summed E-state index contributed by atoms with van der Waals surface area (Å²) in [6, 6.07) is 14.2. The molecule has 1 heterocycles. The van der Waals surface area contributed by atoms with Crippen LogP contribution in [-0.4, -0.2) is 23.3 Å². The first-order valence-corrected chi connectivity index (χ1v) is 7.50. The van der Waals surface area contributed by atoms with Crippen LogP contribution >= 0.6 is 15.9 Å². The lowest BCUT2D eigenvalue weighted by Crippen LogP contribution is -2.12. The van der Waals surface area contributed by atoms with Gasteiger partial charge in [-0.25, -0.2) is 4.63 Å². The van der Waals surface area contributed by atoms with Gasteiger partial charge in [0.15, 0.2) is 5.69 Å². The largest absolute Gasteiger partial charge is 0.497 e. The number of rotatable bonds is 4. The van der Waals surface area contributed by atoms with Gasteiger partial charge in [-0.05, 0) is 46.7 Å². The molecule has 0 radical (unpaired) electrons. The molecule has 3 aromatic rings. The second-order valence-corrected chi connectivity index (χ2v) is 5.57. The Hall–Kier alpha value is -2.67. The van der Waals surface area contributed by atoms with E-state index >= 15 is 0 Å². The molecule has 0 aliphatic rings. The lowest BCUT2D eigenvalue weighted by Gasteiger charge is -2.04. The van der Waals surface area contributed by atoms with Crippen molar-refractivity contribution in [2.24, 2.45) is 0 Å². The number of ether oxygens (including phenoxy) is 1. The molecule has 7 heteroatoms. The molecule has 0 saturated heterocycles. The van der Waals surface area contributed by atoms with Gasteiger partial charge >= 0.3 is 0 Å². The van der Waals surface area contributed by atoms with Crippen LogP contribution in [0.3, 0.4) is 0 Å². The van der Waals surface area contributed by atoms with E-state index in [1.165, 1.54) is 0 Å². The second-order valence-electron chi connectivity index (χ2n) is 4.65. The van der Waals surface area contributed by atoms with E-state index in [0.717, 1.165) is 10.0 Å².